The molecule has 6 nitrogen and oxygen atoms in total. The molecule has 6 heteroatoms. The largest absolute Gasteiger partial charge is 0.497 e. The van der Waals surface area contributed by atoms with Gasteiger partial charge in [-0.3, -0.25) is 9.59 Å². The first-order valence-corrected chi connectivity index (χ1v) is 5.73. The smallest absolute Gasteiger partial charge is 0.308 e. The standard InChI is InChI=1S/C13H17NO5/c1-14(8-9(13(17)18)6-12(15)16)10-4-3-5-11(7-10)19-2/h3-5,7,9H,6,8H2,1-2H3,(H,15,16)(H,17,18). The summed E-state index contributed by atoms with van der Waals surface area (Å²) in [5, 5.41) is 17.7. The van der Waals surface area contributed by atoms with Crippen molar-refractivity contribution < 1.29 is 24.5 Å². The summed E-state index contributed by atoms with van der Waals surface area (Å²) in [6.07, 6.45) is -0.399. The highest BCUT2D eigenvalue weighted by atomic mass is 16.5. The van der Waals surface area contributed by atoms with Crippen LogP contribution in [-0.4, -0.2) is 42.9 Å². The van der Waals surface area contributed by atoms with Gasteiger partial charge in [-0.2, -0.15) is 0 Å². The minimum absolute atomic E-state index is 0.120. The fourth-order valence-electron chi connectivity index (χ4n) is 1.72. The van der Waals surface area contributed by atoms with Crippen molar-refractivity contribution in [1.82, 2.24) is 0 Å². The minimum Gasteiger partial charge on any atom is -0.497 e. The summed E-state index contributed by atoms with van der Waals surface area (Å²) in [7, 11) is 3.26. The van der Waals surface area contributed by atoms with E-state index in [0.717, 1.165) is 5.69 Å². The van der Waals surface area contributed by atoms with E-state index in [0.29, 0.717) is 5.75 Å². The Bertz CT molecular complexity index is 460. The van der Waals surface area contributed by atoms with Crippen LogP contribution in [0.1, 0.15) is 6.42 Å². The van der Waals surface area contributed by atoms with Gasteiger partial charge in [-0.1, -0.05) is 6.07 Å². The van der Waals surface area contributed by atoms with Gasteiger partial charge in [-0.05, 0) is 12.1 Å². The molecule has 0 saturated heterocycles. The van der Waals surface area contributed by atoms with Crippen molar-refractivity contribution in [2.45, 2.75) is 6.42 Å². The lowest BCUT2D eigenvalue weighted by atomic mass is 10.1. The van der Waals surface area contributed by atoms with Crippen LogP contribution < -0.4 is 9.64 Å². The predicted molar refractivity (Wildman–Crippen MR) is 69.6 cm³/mol. The molecule has 104 valence electrons. The summed E-state index contributed by atoms with van der Waals surface area (Å²) in [6.45, 7) is 0.120. The number of carbonyl (C=O) groups is 2. The number of carboxylic acid groups (broad SMARTS) is 2. The topological polar surface area (TPSA) is 87.1 Å². The van der Waals surface area contributed by atoms with Crippen LogP contribution in [0.5, 0.6) is 5.75 Å². The number of rotatable bonds is 7. The third-order valence-electron chi connectivity index (χ3n) is 2.76. The van der Waals surface area contributed by atoms with E-state index in [1.165, 1.54) is 0 Å². The maximum Gasteiger partial charge on any atom is 0.308 e. The van der Waals surface area contributed by atoms with Gasteiger partial charge in [0, 0.05) is 25.3 Å². The molecule has 0 saturated carbocycles. The molecule has 1 atom stereocenters. The number of carboxylic acids is 2. The normalized spacial score (nSPS) is 11.7. The van der Waals surface area contributed by atoms with Crippen molar-refractivity contribution >= 4 is 17.6 Å². The van der Waals surface area contributed by atoms with E-state index in [-0.39, 0.29) is 6.54 Å². The molecule has 0 aliphatic rings. The molecule has 0 aromatic heterocycles. The minimum atomic E-state index is -1.12. The molecule has 0 aliphatic heterocycles. The molecule has 1 unspecified atom stereocenters. The van der Waals surface area contributed by atoms with Crippen molar-refractivity contribution in [2.75, 3.05) is 25.6 Å². The lowest BCUT2D eigenvalue weighted by molar-refractivity contribution is -0.147. The zero-order chi connectivity index (χ0) is 14.4. The first kappa shape index (κ1) is 14.8. The van der Waals surface area contributed by atoms with Gasteiger partial charge in [0.05, 0.1) is 19.4 Å². The fourth-order valence-corrected chi connectivity index (χ4v) is 1.72. The molecule has 0 spiro atoms. The molecular formula is C13H17NO5. The Morgan fingerprint density at radius 3 is 2.58 bits per heavy atom. The molecule has 19 heavy (non-hydrogen) atoms. The molecule has 0 bridgehead atoms. The molecule has 1 aromatic carbocycles. The van der Waals surface area contributed by atoms with E-state index in [1.807, 2.05) is 6.07 Å². The average Bonchev–Trinajstić information content (AvgIpc) is 2.37. The Morgan fingerprint density at radius 1 is 1.37 bits per heavy atom. The van der Waals surface area contributed by atoms with Crippen LogP contribution in [0.4, 0.5) is 5.69 Å². The summed E-state index contributed by atoms with van der Waals surface area (Å²) in [6, 6.07) is 7.14. The summed E-state index contributed by atoms with van der Waals surface area (Å²) in [5.74, 6) is -2.52. The van der Waals surface area contributed by atoms with Crippen LogP contribution in [-0.2, 0) is 9.59 Å². The van der Waals surface area contributed by atoms with E-state index in [2.05, 4.69) is 0 Å². The lowest BCUT2D eigenvalue weighted by Gasteiger charge is -2.23. The van der Waals surface area contributed by atoms with Crippen LogP contribution in [0.15, 0.2) is 24.3 Å². The van der Waals surface area contributed by atoms with Crippen molar-refractivity contribution in [3.8, 4) is 5.75 Å². The number of ether oxygens (including phenoxy) is 1. The van der Waals surface area contributed by atoms with Gasteiger partial charge in [0.2, 0.25) is 0 Å². The first-order valence-electron chi connectivity index (χ1n) is 5.73. The highest BCUT2D eigenvalue weighted by Crippen LogP contribution is 2.21. The van der Waals surface area contributed by atoms with Crippen molar-refractivity contribution in [1.29, 1.82) is 0 Å². The van der Waals surface area contributed by atoms with E-state index < -0.39 is 24.3 Å². The second-order valence-corrected chi connectivity index (χ2v) is 4.22. The Hall–Kier alpha value is -2.24. The molecule has 0 heterocycles. The predicted octanol–water partition coefficient (Wildman–Crippen LogP) is 1.31. The number of hydrogen-bond acceptors (Lipinski definition) is 4. The molecular weight excluding hydrogens is 250 g/mol. The number of methoxy groups -OCH3 is 1. The van der Waals surface area contributed by atoms with E-state index in [4.69, 9.17) is 14.9 Å². The summed E-state index contributed by atoms with van der Waals surface area (Å²) < 4.78 is 5.08. The van der Waals surface area contributed by atoms with Crippen LogP contribution in [0.25, 0.3) is 0 Å². The van der Waals surface area contributed by atoms with Crippen molar-refractivity contribution in [3.63, 3.8) is 0 Å². The molecule has 0 radical (unpaired) electrons. The molecule has 2 N–H and O–H groups in total. The number of benzene rings is 1. The Labute approximate surface area is 111 Å². The maximum absolute atomic E-state index is 11.0. The molecule has 0 fully saturated rings. The quantitative estimate of drug-likeness (QED) is 0.774. The molecule has 0 amide bonds. The third-order valence-corrected chi connectivity index (χ3v) is 2.76. The van der Waals surface area contributed by atoms with Crippen LogP contribution >= 0.6 is 0 Å². The molecule has 0 aliphatic carbocycles. The van der Waals surface area contributed by atoms with Gasteiger partial charge < -0.3 is 19.8 Å². The van der Waals surface area contributed by atoms with E-state index in [1.54, 1.807) is 37.3 Å². The number of anilines is 1. The van der Waals surface area contributed by atoms with E-state index in [9.17, 15) is 9.59 Å². The number of aliphatic carboxylic acids is 2. The second kappa shape index (κ2) is 6.63. The second-order valence-electron chi connectivity index (χ2n) is 4.22. The first-order chi connectivity index (χ1) is 8.93. The average molecular weight is 267 g/mol. The summed E-state index contributed by atoms with van der Waals surface area (Å²) in [4.78, 5) is 23.3. The number of hydrogen-bond donors (Lipinski definition) is 2. The van der Waals surface area contributed by atoms with Gasteiger partial charge in [0.25, 0.3) is 0 Å². The van der Waals surface area contributed by atoms with Crippen molar-refractivity contribution in [2.24, 2.45) is 5.92 Å². The van der Waals surface area contributed by atoms with Crippen LogP contribution in [0.2, 0.25) is 0 Å². The fraction of sp³-hybridized carbons (Fsp3) is 0.385. The Kier molecular flexibility index (Phi) is 5.17. The highest BCUT2D eigenvalue weighted by molar-refractivity contribution is 5.78. The molecule has 1 rings (SSSR count). The van der Waals surface area contributed by atoms with E-state index >= 15 is 0 Å². The van der Waals surface area contributed by atoms with Gasteiger partial charge in [0.15, 0.2) is 0 Å². The van der Waals surface area contributed by atoms with Gasteiger partial charge in [-0.15, -0.1) is 0 Å². The van der Waals surface area contributed by atoms with Gasteiger partial charge in [0.1, 0.15) is 5.75 Å². The Balaban J connectivity index is 2.77. The zero-order valence-corrected chi connectivity index (χ0v) is 10.9. The lowest BCUT2D eigenvalue weighted by Crippen LogP contribution is -2.31. The van der Waals surface area contributed by atoms with Gasteiger partial charge >= 0.3 is 11.9 Å². The zero-order valence-electron chi connectivity index (χ0n) is 10.9. The third kappa shape index (κ3) is 4.50. The van der Waals surface area contributed by atoms with Crippen molar-refractivity contribution in [3.05, 3.63) is 24.3 Å². The monoisotopic (exact) mass is 267 g/mol. The SMILES string of the molecule is COc1cccc(N(C)CC(CC(=O)O)C(=O)O)c1. The van der Waals surface area contributed by atoms with Crippen LogP contribution in [0, 0.1) is 5.92 Å². The summed E-state index contributed by atoms with van der Waals surface area (Å²) in [5.41, 5.74) is 0.774. The van der Waals surface area contributed by atoms with Crippen LogP contribution in [0.3, 0.4) is 0 Å². The Morgan fingerprint density at radius 2 is 2.05 bits per heavy atom. The van der Waals surface area contributed by atoms with Gasteiger partial charge in [-0.25, -0.2) is 0 Å². The number of nitrogens with zero attached hydrogens (tertiary/aromatic N) is 1. The summed E-state index contributed by atoms with van der Waals surface area (Å²) >= 11 is 0. The molecule has 1 aromatic rings. The highest BCUT2D eigenvalue weighted by Gasteiger charge is 2.22. The maximum atomic E-state index is 11.0.